The summed E-state index contributed by atoms with van der Waals surface area (Å²) in [5.74, 6) is 2.49. The Balaban J connectivity index is 1.32. The Kier molecular flexibility index (Phi) is 5.12. The third-order valence-corrected chi connectivity index (χ3v) is 9.80. The van der Waals surface area contributed by atoms with Gasteiger partial charge in [0.2, 0.25) is 0 Å². The molecule has 0 heterocycles. The van der Waals surface area contributed by atoms with Crippen molar-refractivity contribution >= 4 is 11.6 Å². The molecule has 0 aliphatic heterocycles. The number of fused-ring (bicyclic) bond motifs is 5. The summed E-state index contributed by atoms with van der Waals surface area (Å²) in [5, 5.41) is 14.9. The first kappa shape index (κ1) is 20.1. The van der Waals surface area contributed by atoms with Crippen LogP contribution in [-0.2, 0) is 6.54 Å². The van der Waals surface area contributed by atoms with Gasteiger partial charge in [-0.05, 0) is 97.6 Å². The number of aliphatic hydroxyl groups is 1. The molecule has 0 aromatic heterocycles. The number of nitrogens with one attached hydrogen (secondary N) is 1. The highest BCUT2D eigenvalue weighted by atomic mass is 35.5. The number of hydrogen-bond donors (Lipinski definition) is 2. The first-order chi connectivity index (χ1) is 13.9. The molecule has 0 amide bonds. The molecule has 0 saturated heterocycles. The van der Waals surface area contributed by atoms with E-state index in [4.69, 9.17) is 11.6 Å². The maximum atomic E-state index is 10.2. The molecule has 0 bridgehead atoms. The van der Waals surface area contributed by atoms with Crippen LogP contribution in [0.1, 0.15) is 70.8 Å². The lowest BCUT2D eigenvalue weighted by atomic mass is 9.48. The maximum absolute atomic E-state index is 10.2. The van der Waals surface area contributed by atoms with Crippen molar-refractivity contribution < 1.29 is 5.11 Å². The Bertz CT molecular complexity index is 788. The normalized spacial score (nSPS) is 43.9. The summed E-state index contributed by atoms with van der Waals surface area (Å²) in [6.45, 7) is 6.04. The molecule has 2 N–H and O–H groups in total. The lowest BCUT2D eigenvalue weighted by Gasteiger charge is -2.58. The molecule has 5 rings (SSSR count). The average molecular weight is 414 g/mol. The van der Waals surface area contributed by atoms with Crippen LogP contribution in [0.3, 0.4) is 0 Å². The van der Waals surface area contributed by atoms with Crippen LogP contribution in [0.25, 0.3) is 0 Å². The van der Waals surface area contributed by atoms with Gasteiger partial charge < -0.3 is 10.4 Å². The van der Waals surface area contributed by atoms with E-state index in [0.717, 1.165) is 42.2 Å². The van der Waals surface area contributed by atoms with Crippen LogP contribution in [0.15, 0.2) is 35.9 Å². The zero-order valence-corrected chi connectivity index (χ0v) is 18.7. The predicted octanol–water partition coefficient (Wildman–Crippen LogP) is 6.12. The van der Waals surface area contributed by atoms with Crippen LogP contribution in [-0.4, -0.2) is 17.3 Å². The monoisotopic (exact) mass is 413 g/mol. The Morgan fingerprint density at radius 3 is 2.62 bits per heavy atom. The summed E-state index contributed by atoms with van der Waals surface area (Å²) >= 11 is 6.05. The van der Waals surface area contributed by atoms with Crippen molar-refractivity contribution in [2.45, 2.75) is 83.9 Å². The topological polar surface area (TPSA) is 32.3 Å². The highest BCUT2D eigenvalue weighted by molar-refractivity contribution is 6.30. The minimum Gasteiger partial charge on any atom is -0.393 e. The van der Waals surface area contributed by atoms with Crippen LogP contribution < -0.4 is 5.32 Å². The van der Waals surface area contributed by atoms with Crippen LogP contribution in [0, 0.1) is 28.6 Å². The minimum atomic E-state index is -0.104. The van der Waals surface area contributed by atoms with E-state index in [2.05, 4.69) is 37.4 Å². The van der Waals surface area contributed by atoms with Gasteiger partial charge in [-0.2, -0.15) is 0 Å². The summed E-state index contributed by atoms with van der Waals surface area (Å²) in [5.41, 5.74) is 3.67. The molecule has 4 aliphatic carbocycles. The summed E-state index contributed by atoms with van der Waals surface area (Å²) in [6.07, 6.45) is 12.2. The fourth-order valence-electron chi connectivity index (χ4n) is 7.82. The third-order valence-electron chi connectivity index (χ3n) is 9.54. The second-order valence-electron chi connectivity index (χ2n) is 10.8. The highest BCUT2D eigenvalue weighted by Crippen LogP contribution is 2.64. The van der Waals surface area contributed by atoms with Crippen molar-refractivity contribution in [3.63, 3.8) is 0 Å². The Labute approximate surface area is 181 Å². The van der Waals surface area contributed by atoms with Gasteiger partial charge in [-0.15, -0.1) is 0 Å². The molecule has 4 aliphatic rings. The molecule has 3 saturated carbocycles. The molecular weight excluding hydrogens is 378 g/mol. The lowest BCUT2D eigenvalue weighted by Crippen LogP contribution is -2.53. The molecule has 1 aromatic carbocycles. The number of hydrogen-bond acceptors (Lipinski definition) is 2. The van der Waals surface area contributed by atoms with Crippen molar-refractivity contribution in [3.8, 4) is 0 Å². The lowest BCUT2D eigenvalue weighted by molar-refractivity contribution is -0.0435. The number of halogens is 1. The summed E-state index contributed by atoms with van der Waals surface area (Å²) in [4.78, 5) is 0. The number of rotatable bonds is 3. The van der Waals surface area contributed by atoms with Gasteiger partial charge in [-0.25, -0.2) is 0 Å². The maximum Gasteiger partial charge on any atom is 0.0577 e. The molecule has 1 aromatic rings. The number of benzene rings is 1. The number of allylic oxidation sites excluding steroid dienone is 1. The molecule has 0 spiro atoms. The van der Waals surface area contributed by atoms with Gasteiger partial charge >= 0.3 is 0 Å². The molecule has 158 valence electrons. The first-order valence-corrected chi connectivity index (χ1v) is 12.1. The number of aliphatic hydroxyl groups excluding tert-OH is 1. The van der Waals surface area contributed by atoms with E-state index in [1.807, 2.05) is 12.1 Å². The SMILES string of the molecule is C[C@]12CCC(O)CC1=CC[C@@H]1[C@H]2CC[C@]2(C)C(NCc3ccc(Cl)cc3)CC[C@@H]12. The Morgan fingerprint density at radius 1 is 1.03 bits per heavy atom. The smallest absolute Gasteiger partial charge is 0.0577 e. The van der Waals surface area contributed by atoms with E-state index in [-0.39, 0.29) is 6.10 Å². The van der Waals surface area contributed by atoms with Crippen LogP contribution >= 0.6 is 11.6 Å². The molecule has 2 nitrogen and oxygen atoms in total. The van der Waals surface area contributed by atoms with E-state index in [1.165, 1.54) is 44.1 Å². The van der Waals surface area contributed by atoms with E-state index >= 15 is 0 Å². The summed E-state index contributed by atoms with van der Waals surface area (Å²) in [7, 11) is 0. The van der Waals surface area contributed by atoms with Crippen molar-refractivity contribution in [3.05, 3.63) is 46.5 Å². The quantitative estimate of drug-likeness (QED) is 0.585. The zero-order chi connectivity index (χ0) is 20.2. The van der Waals surface area contributed by atoms with Gasteiger partial charge in [0.1, 0.15) is 0 Å². The standard InChI is InChI=1S/C26H36ClNO/c1-25-13-11-20(29)15-18(25)5-8-21-22-9-10-24(26(22,2)14-12-23(21)25)28-16-17-3-6-19(27)7-4-17/h3-7,20-24,28-29H,8-16H2,1-2H3/t20?,21-,22-,23+,24?,25-,26-/m0/s1. The van der Waals surface area contributed by atoms with Crippen LogP contribution in [0.5, 0.6) is 0 Å². The minimum absolute atomic E-state index is 0.104. The first-order valence-electron chi connectivity index (χ1n) is 11.8. The van der Waals surface area contributed by atoms with E-state index in [0.29, 0.717) is 16.9 Å². The Hall–Kier alpha value is -0.830. The molecule has 7 atom stereocenters. The van der Waals surface area contributed by atoms with Crippen LogP contribution in [0.4, 0.5) is 0 Å². The van der Waals surface area contributed by atoms with Crippen molar-refractivity contribution in [1.82, 2.24) is 5.32 Å². The van der Waals surface area contributed by atoms with Gasteiger partial charge in [0.15, 0.2) is 0 Å². The zero-order valence-electron chi connectivity index (χ0n) is 18.0. The summed E-state index contributed by atoms with van der Waals surface area (Å²) < 4.78 is 0. The van der Waals surface area contributed by atoms with Gasteiger partial charge in [0.05, 0.1) is 6.10 Å². The van der Waals surface area contributed by atoms with Crippen molar-refractivity contribution in [2.24, 2.45) is 28.6 Å². The van der Waals surface area contributed by atoms with Gasteiger partial charge in [-0.3, -0.25) is 0 Å². The molecule has 2 unspecified atom stereocenters. The van der Waals surface area contributed by atoms with Gasteiger partial charge in [-0.1, -0.05) is 49.2 Å². The predicted molar refractivity (Wildman–Crippen MR) is 120 cm³/mol. The van der Waals surface area contributed by atoms with E-state index in [1.54, 1.807) is 5.57 Å². The van der Waals surface area contributed by atoms with Gasteiger partial charge in [0.25, 0.3) is 0 Å². The van der Waals surface area contributed by atoms with Crippen molar-refractivity contribution in [1.29, 1.82) is 0 Å². The summed E-state index contributed by atoms with van der Waals surface area (Å²) in [6, 6.07) is 8.91. The van der Waals surface area contributed by atoms with E-state index < -0.39 is 0 Å². The second kappa shape index (κ2) is 7.39. The van der Waals surface area contributed by atoms with E-state index in [9.17, 15) is 5.11 Å². The van der Waals surface area contributed by atoms with Crippen molar-refractivity contribution in [2.75, 3.05) is 0 Å². The molecular formula is C26H36ClNO. The fourth-order valence-corrected chi connectivity index (χ4v) is 7.95. The second-order valence-corrected chi connectivity index (χ2v) is 11.3. The largest absolute Gasteiger partial charge is 0.393 e. The van der Waals surface area contributed by atoms with Crippen LogP contribution in [0.2, 0.25) is 5.02 Å². The Morgan fingerprint density at radius 2 is 1.83 bits per heavy atom. The van der Waals surface area contributed by atoms with Gasteiger partial charge in [0, 0.05) is 17.6 Å². The average Bonchev–Trinajstić information content (AvgIpc) is 3.04. The molecule has 3 fully saturated rings. The molecule has 0 radical (unpaired) electrons. The molecule has 3 heteroatoms. The highest BCUT2D eigenvalue weighted by Gasteiger charge is 2.58. The molecule has 29 heavy (non-hydrogen) atoms. The fraction of sp³-hybridized carbons (Fsp3) is 0.692. The third kappa shape index (κ3) is 3.30.